The Morgan fingerprint density at radius 1 is 1.32 bits per heavy atom. The second-order valence-corrected chi connectivity index (χ2v) is 5.44. The first kappa shape index (κ1) is 14.4. The van der Waals surface area contributed by atoms with Gasteiger partial charge in [-0.25, -0.2) is 0 Å². The molecule has 1 aromatic rings. The molecule has 0 radical (unpaired) electrons. The molecule has 1 aliphatic rings. The Bertz CT molecular complexity index is 400. The molecule has 0 saturated carbocycles. The molecule has 1 unspecified atom stereocenters. The maximum Gasteiger partial charge on any atom is 0.157 e. The summed E-state index contributed by atoms with van der Waals surface area (Å²) < 4.78 is 11.1. The minimum atomic E-state index is -0.0239. The largest absolute Gasteiger partial charge is 0.507 e. The van der Waals surface area contributed by atoms with Gasteiger partial charge in [-0.15, -0.1) is 11.8 Å². The highest BCUT2D eigenvalue weighted by atomic mass is 32.2. The van der Waals surface area contributed by atoms with E-state index in [-0.39, 0.29) is 6.29 Å². The first-order chi connectivity index (χ1) is 9.36. The zero-order valence-electron chi connectivity index (χ0n) is 11.0. The summed E-state index contributed by atoms with van der Waals surface area (Å²) in [5.74, 6) is 1.17. The van der Waals surface area contributed by atoms with Gasteiger partial charge in [-0.1, -0.05) is 24.3 Å². The lowest BCUT2D eigenvalue weighted by Gasteiger charge is -2.21. The van der Waals surface area contributed by atoms with Crippen LogP contribution < -0.4 is 0 Å². The second kappa shape index (κ2) is 8.25. The van der Waals surface area contributed by atoms with Crippen molar-refractivity contribution in [3.05, 3.63) is 36.4 Å². The molecule has 0 aromatic heterocycles. The third-order valence-corrected chi connectivity index (χ3v) is 3.90. The molecule has 1 atom stereocenters. The zero-order valence-corrected chi connectivity index (χ0v) is 11.8. The number of hydrogen-bond donors (Lipinski definition) is 1. The Morgan fingerprint density at radius 3 is 3.00 bits per heavy atom. The Morgan fingerprint density at radius 2 is 2.21 bits per heavy atom. The highest BCUT2D eigenvalue weighted by Crippen LogP contribution is 2.27. The van der Waals surface area contributed by atoms with Crippen molar-refractivity contribution in [3.63, 3.8) is 0 Å². The van der Waals surface area contributed by atoms with Gasteiger partial charge in [0.15, 0.2) is 6.29 Å². The van der Waals surface area contributed by atoms with E-state index in [0.29, 0.717) is 12.4 Å². The fourth-order valence-electron chi connectivity index (χ4n) is 1.86. The predicted molar refractivity (Wildman–Crippen MR) is 77.5 cm³/mol. The van der Waals surface area contributed by atoms with Gasteiger partial charge in [-0.3, -0.25) is 0 Å². The number of ether oxygens (including phenoxy) is 2. The van der Waals surface area contributed by atoms with Crippen LogP contribution in [0.15, 0.2) is 41.3 Å². The molecule has 104 valence electrons. The predicted octanol–water partition coefficient (Wildman–Crippen LogP) is 3.58. The number of thioether (sulfide) groups is 1. The molecule has 4 heteroatoms. The molecule has 1 N–H and O–H groups in total. The number of phenolic OH excluding ortho intramolecular Hbond substituents is 1. The van der Waals surface area contributed by atoms with E-state index in [2.05, 4.69) is 6.08 Å². The van der Waals surface area contributed by atoms with Gasteiger partial charge >= 0.3 is 0 Å². The van der Waals surface area contributed by atoms with Gasteiger partial charge in [0.1, 0.15) is 5.75 Å². The van der Waals surface area contributed by atoms with Crippen molar-refractivity contribution < 1.29 is 14.6 Å². The maximum absolute atomic E-state index is 9.60. The summed E-state index contributed by atoms with van der Waals surface area (Å²) in [4.78, 5) is 0.906. The van der Waals surface area contributed by atoms with Crippen LogP contribution in [0.5, 0.6) is 5.75 Å². The molecule has 1 saturated heterocycles. The molecule has 0 aliphatic carbocycles. The standard InChI is InChI=1S/C15H20O3S/c16-13-7-1-2-8-14(13)19-12-6-5-11-18-15-9-3-4-10-17-15/h1-2,5-8,15-16H,3-4,9-12H2/b6-5+. The van der Waals surface area contributed by atoms with Gasteiger partial charge in [0.25, 0.3) is 0 Å². The molecule has 3 nitrogen and oxygen atoms in total. The molecule has 0 amide bonds. The average molecular weight is 280 g/mol. The minimum absolute atomic E-state index is 0.0239. The molecule has 1 heterocycles. The summed E-state index contributed by atoms with van der Waals surface area (Å²) in [7, 11) is 0. The summed E-state index contributed by atoms with van der Waals surface area (Å²) in [5, 5.41) is 9.60. The van der Waals surface area contributed by atoms with Gasteiger partial charge in [-0.2, -0.15) is 0 Å². The lowest BCUT2D eigenvalue weighted by Crippen LogP contribution is -2.22. The molecule has 19 heavy (non-hydrogen) atoms. The van der Waals surface area contributed by atoms with E-state index >= 15 is 0 Å². The average Bonchev–Trinajstić information content (AvgIpc) is 2.45. The molecule has 2 rings (SSSR count). The number of aromatic hydroxyl groups is 1. The Kier molecular flexibility index (Phi) is 6.27. The van der Waals surface area contributed by atoms with E-state index in [1.165, 1.54) is 6.42 Å². The molecule has 1 aromatic carbocycles. The fourth-order valence-corrected chi connectivity index (χ4v) is 2.66. The van der Waals surface area contributed by atoms with E-state index in [1.807, 2.05) is 24.3 Å². The second-order valence-electron chi connectivity index (χ2n) is 4.38. The van der Waals surface area contributed by atoms with Gasteiger partial charge in [0.2, 0.25) is 0 Å². The van der Waals surface area contributed by atoms with Crippen LogP contribution in [0.2, 0.25) is 0 Å². The quantitative estimate of drug-likeness (QED) is 0.638. The maximum atomic E-state index is 9.60. The van der Waals surface area contributed by atoms with Crippen LogP contribution in [0.25, 0.3) is 0 Å². The number of para-hydroxylation sites is 1. The van der Waals surface area contributed by atoms with Gasteiger partial charge in [0.05, 0.1) is 6.61 Å². The number of rotatable bonds is 6. The normalized spacial score (nSPS) is 19.9. The van der Waals surface area contributed by atoms with E-state index in [0.717, 1.165) is 30.1 Å². The van der Waals surface area contributed by atoms with Crippen molar-refractivity contribution in [3.8, 4) is 5.75 Å². The van der Waals surface area contributed by atoms with Crippen LogP contribution >= 0.6 is 11.8 Å². The van der Waals surface area contributed by atoms with Crippen LogP contribution in [0.4, 0.5) is 0 Å². The van der Waals surface area contributed by atoms with E-state index in [4.69, 9.17) is 9.47 Å². The first-order valence-corrected chi connectivity index (χ1v) is 7.64. The van der Waals surface area contributed by atoms with Crippen molar-refractivity contribution in [1.82, 2.24) is 0 Å². The fraction of sp³-hybridized carbons (Fsp3) is 0.467. The molecular formula is C15H20O3S. The van der Waals surface area contributed by atoms with Crippen LogP contribution in [0.1, 0.15) is 19.3 Å². The zero-order chi connectivity index (χ0) is 13.3. The van der Waals surface area contributed by atoms with E-state index < -0.39 is 0 Å². The summed E-state index contributed by atoms with van der Waals surface area (Å²) in [5.41, 5.74) is 0. The number of benzene rings is 1. The Hall–Kier alpha value is -0.970. The molecule has 1 fully saturated rings. The van der Waals surface area contributed by atoms with Crippen LogP contribution in [0, 0.1) is 0 Å². The minimum Gasteiger partial charge on any atom is -0.507 e. The van der Waals surface area contributed by atoms with E-state index in [9.17, 15) is 5.11 Å². The number of phenols is 1. The lowest BCUT2D eigenvalue weighted by molar-refractivity contribution is -0.155. The summed E-state index contributed by atoms with van der Waals surface area (Å²) in [6.45, 7) is 1.41. The summed E-state index contributed by atoms with van der Waals surface area (Å²) in [6, 6.07) is 7.37. The van der Waals surface area contributed by atoms with Crippen LogP contribution in [0.3, 0.4) is 0 Å². The highest BCUT2D eigenvalue weighted by Gasteiger charge is 2.12. The SMILES string of the molecule is Oc1ccccc1SC/C=C/COC1CCCCO1. The van der Waals surface area contributed by atoms with Gasteiger partial charge in [0, 0.05) is 17.3 Å². The molecular weight excluding hydrogens is 260 g/mol. The molecule has 0 bridgehead atoms. The summed E-state index contributed by atoms with van der Waals surface area (Å²) >= 11 is 1.61. The van der Waals surface area contributed by atoms with Crippen molar-refractivity contribution >= 4 is 11.8 Å². The van der Waals surface area contributed by atoms with Crippen molar-refractivity contribution in [1.29, 1.82) is 0 Å². The van der Waals surface area contributed by atoms with Crippen molar-refractivity contribution in [2.45, 2.75) is 30.4 Å². The summed E-state index contributed by atoms with van der Waals surface area (Å²) in [6.07, 6.45) is 7.37. The smallest absolute Gasteiger partial charge is 0.157 e. The monoisotopic (exact) mass is 280 g/mol. The third kappa shape index (κ3) is 5.27. The Balaban J connectivity index is 1.60. The van der Waals surface area contributed by atoms with Crippen molar-refractivity contribution in [2.24, 2.45) is 0 Å². The van der Waals surface area contributed by atoms with Crippen LogP contribution in [-0.4, -0.2) is 30.4 Å². The highest BCUT2D eigenvalue weighted by molar-refractivity contribution is 7.99. The molecule has 0 spiro atoms. The van der Waals surface area contributed by atoms with E-state index in [1.54, 1.807) is 17.8 Å². The van der Waals surface area contributed by atoms with Gasteiger partial charge in [-0.05, 0) is 31.4 Å². The lowest BCUT2D eigenvalue weighted by atomic mass is 10.2. The number of hydrogen-bond acceptors (Lipinski definition) is 4. The third-order valence-electron chi connectivity index (χ3n) is 2.88. The van der Waals surface area contributed by atoms with Crippen molar-refractivity contribution in [2.75, 3.05) is 19.0 Å². The molecule has 1 aliphatic heterocycles. The van der Waals surface area contributed by atoms with Crippen LogP contribution in [-0.2, 0) is 9.47 Å². The Labute approximate surface area is 118 Å². The van der Waals surface area contributed by atoms with Gasteiger partial charge < -0.3 is 14.6 Å². The topological polar surface area (TPSA) is 38.7 Å². The first-order valence-electron chi connectivity index (χ1n) is 6.65.